The molecule has 0 aliphatic heterocycles. The third kappa shape index (κ3) is 5.12. The summed E-state index contributed by atoms with van der Waals surface area (Å²) >= 11 is 0. The molecule has 0 aliphatic carbocycles. The number of aliphatic hydroxyl groups excluding tert-OH is 1. The molecule has 7 nitrogen and oxygen atoms in total. The molecular formula is C13H18F2N2O5S. The topological polar surface area (TPSA) is 95.9 Å². The fraction of sp³-hybridized carbons (Fsp3) is 0.462. The van der Waals surface area contributed by atoms with Crippen molar-refractivity contribution >= 4 is 21.7 Å². The summed E-state index contributed by atoms with van der Waals surface area (Å²) in [5.41, 5.74) is -0.0296. The number of anilines is 1. The van der Waals surface area contributed by atoms with E-state index in [1.165, 1.54) is 26.2 Å². The smallest absolute Gasteiger partial charge is 0.340 e. The van der Waals surface area contributed by atoms with Gasteiger partial charge in [0.2, 0.25) is 10.0 Å². The molecule has 1 rings (SSSR count). The van der Waals surface area contributed by atoms with E-state index in [0.717, 1.165) is 10.4 Å². The zero-order valence-electron chi connectivity index (χ0n) is 12.6. The predicted octanol–water partition coefficient (Wildman–Crippen LogP) is 0.763. The number of aliphatic hydroxyl groups is 1. The first kappa shape index (κ1) is 19.3. The standard InChI is InChI=1S/C13H18F2N2O5S/c1-17(2)23(20,21)9-3-4-11(16-5-6-18)10(7-9)13(19)22-8-12(14)15/h3-4,7,12,16,18H,5-6,8H2,1-2H3. The minimum absolute atomic E-state index is 0.0922. The highest BCUT2D eigenvalue weighted by Gasteiger charge is 2.22. The van der Waals surface area contributed by atoms with E-state index in [1.54, 1.807) is 0 Å². The third-order valence-corrected chi connectivity index (χ3v) is 4.57. The molecule has 0 bridgehead atoms. The lowest BCUT2D eigenvalue weighted by Crippen LogP contribution is -2.23. The van der Waals surface area contributed by atoms with Crippen LogP contribution < -0.4 is 5.32 Å². The first-order valence-corrected chi connectivity index (χ1v) is 8.00. The van der Waals surface area contributed by atoms with E-state index < -0.39 is 29.0 Å². The molecule has 0 saturated heterocycles. The van der Waals surface area contributed by atoms with Crippen LogP contribution in [0.15, 0.2) is 23.1 Å². The lowest BCUT2D eigenvalue weighted by atomic mass is 10.2. The second kappa shape index (κ2) is 8.18. The van der Waals surface area contributed by atoms with Gasteiger partial charge in [0.15, 0.2) is 6.61 Å². The number of ether oxygens (including phenoxy) is 1. The van der Waals surface area contributed by atoms with Gasteiger partial charge in [0, 0.05) is 26.3 Å². The summed E-state index contributed by atoms with van der Waals surface area (Å²) in [4.78, 5) is 11.7. The first-order valence-electron chi connectivity index (χ1n) is 6.56. The molecule has 1 aromatic rings. The van der Waals surface area contributed by atoms with E-state index in [4.69, 9.17) is 5.11 Å². The molecule has 0 unspecified atom stereocenters. The molecule has 1 aromatic carbocycles. The lowest BCUT2D eigenvalue weighted by Gasteiger charge is -2.15. The maximum absolute atomic E-state index is 12.2. The van der Waals surface area contributed by atoms with Crippen molar-refractivity contribution < 1.29 is 31.8 Å². The van der Waals surface area contributed by atoms with E-state index >= 15 is 0 Å². The molecule has 0 aliphatic rings. The van der Waals surface area contributed by atoms with Gasteiger partial charge in [-0.2, -0.15) is 0 Å². The Morgan fingerprint density at radius 1 is 1.39 bits per heavy atom. The minimum Gasteiger partial charge on any atom is -0.456 e. The maximum Gasteiger partial charge on any atom is 0.340 e. The van der Waals surface area contributed by atoms with Crippen molar-refractivity contribution in [1.29, 1.82) is 0 Å². The summed E-state index contributed by atoms with van der Waals surface area (Å²) in [5, 5.41) is 11.5. The number of alkyl halides is 2. The summed E-state index contributed by atoms with van der Waals surface area (Å²) in [7, 11) is -1.16. The van der Waals surface area contributed by atoms with Gasteiger partial charge in [-0.1, -0.05) is 0 Å². The van der Waals surface area contributed by atoms with E-state index in [2.05, 4.69) is 10.1 Å². The lowest BCUT2D eigenvalue weighted by molar-refractivity contribution is 0.0160. The van der Waals surface area contributed by atoms with Gasteiger partial charge in [-0.25, -0.2) is 26.3 Å². The van der Waals surface area contributed by atoms with Gasteiger partial charge < -0.3 is 15.2 Å². The van der Waals surface area contributed by atoms with Crippen LogP contribution in [0.2, 0.25) is 0 Å². The molecule has 0 radical (unpaired) electrons. The van der Waals surface area contributed by atoms with Gasteiger partial charge >= 0.3 is 5.97 Å². The zero-order chi connectivity index (χ0) is 17.6. The number of esters is 1. The Bertz CT molecular complexity index is 650. The molecule has 2 N–H and O–H groups in total. The second-order valence-electron chi connectivity index (χ2n) is 4.63. The van der Waals surface area contributed by atoms with Crippen LogP contribution in [0, 0.1) is 0 Å². The SMILES string of the molecule is CN(C)S(=O)(=O)c1ccc(NCCO)c(C(=O)OCC(F)F)c1. The van der Waals surface area contributed by atoms with Crippen molar-refractivity contribution in [2.75, 3.05) is 39.2 Å². The van der Waals surface area contributed by atoms with Crippen LogP contribution in [0.1, 0.15) is 10.4 Å². The molecule has 0 heterocycles. The van der Waals surface area contributed by atoms with E-state index in [0.29, 0.717) is 0 Å². The van der Waals surface area contributed by atoms with Crippen LogP contribution in [-0.2, 0) is 14.8 Å². The quantitative estimate of drug-likeness (QED) is 0.671. The number of carbonyl (C=O) groups is 1. The largest absolute Gasteiger partial charge is 0.456 e. The van der Waals surface area contributed by atoms with Gasteiger partial charge in [0.1, 0.15) is 0 Å². The number of nitrogens with zero attached hydrogens (tertiary/aromatic N) is 1. The van der Waals surface area contributed by atoms with Gasteiger partial charge in [-0.05, 0) is 18.2 Å². The third-order valence-electron chi connectivity index (χ3n) is 2.76. The number of sulfonamides is 1. The van der Waals surface area contributed by atoms with Gasteiger partial charge in [-0.15, -0.1) is 0 Å². The van der Waals surface area contributed by atoms with Crippen molar-refractivity contribution in [3.8, 4) is 0 Å². The Labute approximate surface area is 132 Å². The highest BCUT2D eigenvalue weighted by molar-refractivity contribution is 7.89. The Balaban J connectivity index is 3.22. The van der Waals surface area contributed by atoms with Crippen molar-refractivity contribution in [3.63, 3.8) is 0 Å². The highest BCUT2D eigenvalue weighted by atomic mass is 32.2. The van der Waals surface area contributed by atoms with E-state index in [9.17, 15) is 22.0 Å². The fourth-order valence-corrected chi connectivity index (χ4v) is 2.55. The van der Waals surface area contributed by atoms with Crippen LogP contribution in [0.4, 0.5) is 14.5 Å². The summed E-state index contributed by atoms with van der Waals surface area (Å²) in [6, 6.07) is 3.62. The Morgan fingerprint density at radius 3 is 2.57 bits per heavy atom. The molecule has 10 heteroatoms. The van der Waals surface area contributed by atoms with Gasteiger partial charge in [0.05, 0.1) is 17.1 Å². The fourth-order valence-electron chi connectivity index (χ4n) is 1.62. The molecule has 0 aromatic heterocycles. The molecule has 0 fully saturated rings. The molecule has 0 atom stereocenters. The molecule has 23 heavy (non-hydrogen) atoms. The number of rotatable bonds is 8. The molecule has 0 amide bonds. The predicted molar refractivity (Wildman–Crippen MR) is 79.2 cm³/mol. The second-order valence-corrected chi connectivity index (χ2v) is 6.79. The van der Waals surface area contributed by atoms with Gasteiger partial charge in [-0.3, -0.25) is 0 Å². The van der Waals surface area contributed by atoms with Crippen molar-refractivity contribution in [3.05, 3.63) is 23.8 Å². The first-order chi connectivity index (χ1) is 10.7. The van der Waals surface area contributed by atoms with Crippen LogP contribution in [0.5, 0.6) is 0 Å². The van der Waals surface area contributed by atoms with Gasteiger partial charge in [0.25, 0.3) is 6.43 Å². The van der Waals surface area contributed by atoms with E-state index in [1.807, 2.05) is 0 Å². The number of hydrogen-bond acceptors (Lipinski definition) is 6. The van der Waals surface area contributed by atoms with E-state index in [-0.39, 0.29) is 29.3 Å². The highest BCUT2D eigenvalue weighted by Crippen LogP contribution is 2.23. The molecule has 130 valence electrons. The molecule has 0 spiro atoms. The van der Waals surface area contributed by atoms with Crippen LogP contribution in [0.25, 0.3) is 0 Å². The number of carbonyl (C=O) groups excluding carboxylic acids is 1. The summed E-state index contributed by atoms with van der Waals surface area (Å²) in [6.45, 7) is -1.24. The number of hydrogen-bond donors (Lipinski definition) is 2. The normalized spacial score (nSPS) is 11.8. The Hall–Kier alpha value is -1.78. The molecular weight excluding hydrogens is 334 g/mol. The summed E-state index contributed by atoms with van der Waals surface area (Å²) in [6.07, 6.45) is -2.83. The maximum atomic E-state index is 12.2. The van der Waals surface area contributed by atoms with Crippen LogP contribution in [-0.4, -0.2) is 64.1 Å². The number of halogens is 2. The number of benzene rings is 1. The monoisotopic (exact) mass is 352 g/mol. The average molecular weight is 352 g/mol. The Morgan fingerprint density at radius 2 is 2.04 bits per heavy atom. The average Bonchev–Trinajstić information content (AvgIpc) is 2.50. The zero-order valence-corrected chi connectivity index (χ0v) is 13.4. The Kier molecular flexibility index (Phi) is 6.85. The summed E-state index contributed by atoms with van der Waals surface area (Å²) in [5.74, 6) is -1.08. The number of nitrogens with one attached hydrogen (secondary N) is 1. The van der Waals surface area contributed by atoms with Crippen LogP contribution >= 0.6 is 0 Å². The van der Waals surface area contributed by atoms with Crippen molar-refractivity contribution in [2.24, 2.45) is 0 Å². The molecule has 0 saturated carbocycles. The van der Waals surface area contributed by atoms with Crippen LogP contribution in [0.3, 0.4) is 0 Å². The van der Waals surface area contributed by atoms with Crippen molar-refractivity contribution in [1.82, 2.24) is 4.31 Å². The minimum atomic E-state index is -3.80. The summed E-state index contributed by atoms with van der Waals surface area (Å²) < 4.78 is 53.9. The van der Waals surface area contributed by atoms with Crippen molar-refractivity contribution in [2.45, 2.75) is 11.3 Å².